The Bertz CT molecular complexity index is 569. The van der Waals surface area contributed by atoms with Crippen LogP contribution in [0.3, 0.4) is 0 Å². The lowest BCUT2D eigenvalue weighted by molar-refractivity contribution is -0.124. The predicted octanol–water partition coefficient (Wildman–Crippen LogP) is 2.99. The second-order valence-electron chi connectivity index (χ2n) is 7.31. The topological polar surface area (TPSA) is 61.4 Å². The molecule has 1 aromatic rings. The Morgan fingerprint density at radius 1 is 0.960 bits per heavy atom. The number of nitrogens with zero attached hydrogens (tertiary/aromatic N) is 1. The monoisotopic (exact) mass is 347 g/mol. The third-order valence-corrected chi connectivity index (χ3v) is 3.96. The van der Waals surface area contributed by atoms with Crippen LogP contribution in [0.25, 0.3) is 0 Å². The largest absolute Gasteiger partial charge is 0.350 e. The van der Waals surface area contributed by atoms with Crippen LogP contribution < -0.4 is 10.6 Å². The van der Waals surface area contributed by atoms with Crippen molar-refractivity contribution in [2.45, 2.75) is 59.9 Å². The Morgan fingerprint density at radius 3 is 1.92 bits per heavy atom. The van der Waals surface area contributed by atoms with Gasteiger partial charge in [0.05, 0.1) is 13.1 Å². The van der Waals surface area contributed by atoms with Gasteiger partial charge in [-0.05, 0) is 51.3 Å². The molecule has 0 spiro atoms. The van der Waals surface area contributed by atoms with Crippen molar-refractivity contribution in [1.29, 1.82) is 0 Å². The zero-order chi connectivity index (χ0) is 19.0. The lowest BCUT2D eigenvalue weighted by atomic mass is 10.0. The van der Waals surface area contributed by atoms with E-state index in [-0.39, 0.29) is 30.4 Å². The summed E-state index contributed by atoms with van der Waals surface area (Å²) in [7, 11) is 0. The normalized spacial score (nSPS) is 11.5. The molecule has 140 valence electrons. The van der Waals surface area contributed by atoms with Gasteiger partial charge in [0, 0.05) is 11.2 Å². The quantitative estimate of drug-likeness (QED) is 0.760. The second kappa shape index (κ2) is 9.56. The van der Waals surface area contributed by atoms with Crippen LogP contribution in [0, 0.1) is 0 Å². The minimum absolute atomic E-state index is 0.0645. The molecule has 0 aliphatic carbocycles. The van der Waals surface area contributed by atoms with Gasteiger partial charge in [0.25, 0.3) is 0 Å². The fraction of sp³-hybridized carbons (Fsp3) is 0.600. The number of aryl methyl sites for hydroxylation is 2. The molecule has 0 aliphatic heterocycles. The van der Waals surface area contributed by atoms with Gasteiger partial charge >= 0.3 is 0 Å². The Kier molecular flexibility index (Phi) is 8.10. The molecular formula is C20H33N3O2. The summed E-state index contributed by atoms with van der Waals surface area (Å²) in [5.41, 5.74) is 2.93. The first-order valence-corrected chi connectivity index (χ1v) is 9.14. The summed E-state index contributed by atoms with van der Waals surface area (Å²) in [5.74, 6) is -0.147. The van der Waals surface area contributed by atoms with Crippen molar-refractivity contribution < 1.29 is 9.59 Å². The number of para-hydroxylation sites is 1. The van der Waals surface area contributed by atoms with Crippen LogP contribution in [-0.4, -0.2) is 41.9 Å². The van der Waals surface area contributed by atoms with Gasteiger partial charge in [-0.2, -0.15) is 0 Å². The molecule has 0 saturated heterocycles. The summed E-state index contributed by atoms with van der Waals surface area (Å²) in [6, 6.07) is 6.12. The molecule has 5 nitrogen and oxygen atoms in total. The zero-order valence-corrected chi connectivity index (χ0v) is 16.5. The van der Waals surface area contributed by atoms with E-state index in [1.54, 1.807) is 0 Å². The standard InChI is InChI=1S/C20H33N3O2/c1-7-15-11-10-12-16(8-2)19(15)21-17(24)13-23(9-3)14-18(25)22-20(4,5)6/h10-12H,7-9,13-14H2,1-6H3,(H,21,24)(H,22,25). The highest BCUT2D eigenvalue weighted by atomic mass is 16.2. The van der Waals surface area contributed by atoms with Crippen LogP contribution in [0.1, 0.15) is 52.7 Å². The third-order valence-electron chi connectivity index (χ3n) is 3.96. The van der Waals surface area contributed by atoms with Gasteiger partial charge < -0.3 is 10.6 Å². The van der Waals surface area contributed by atoms with Crippen molar-refractivity contribution in [3.63, 3.8) is 0 Å². The fourth-order valence-corrected chi connectivity index (χ4v) is 2.73. The molecule has 0 heterocycles. The Labute approximate surface area is 152 Å². The minimum Gasteiger partial charge on any atom is -0.350 e. The number of likely N-dealkylation sites (N-methyl/N-ethyl adjacent to an activating group) is 1. The van der Waals surface area contributed by atoms with Crippen molar-refractivity contribution in [3.8, 4) is 0 Å². The van der Waals surface area contributed by atoms with Crippen molar-refractivity contribution in [2.24, 2.45) is 0 Å². The van der Waals surface area contributed by atoms with Crippen LogP contribution in [0.2, 0.25) is 0 Å². The van der Waals surface area contributed by atoms with E-state index in [1.807, 2.05) is 50.8 Å². The van der Waals surface area contributed by atoms with Crippen LogP contribution in [0.15, 0.2) is 18.2 Å². The molecule has 0 fully saturated rings. The average molecular weight is 348 g/mol. The summed E-state index contributed by atoms with van der Waals surface area (Å²) >= 11 is 0. The van der Waals surface area contributed by atoms with Gasteiger partial charge in [-0.15, -0.1) is 0 Å². The maximum Gasteiger partial charge on any atom is 0.238 e. The van der Waals surface area contributed by atoms with E-state index in [4.69, 9.17) is 0 Å². The molecule has 0 atom stereocenters. The number of carbonyl (C=O) groups is 2. The SMILES string of the molecule is CCc1cccc(CC)c1NC(=O)CN(CC)CC(=O)NC(C)(C)C. The van der Waals surface area contributed by atoms with E-state index in [2.05, 4.69) is 24.5 Å². The van der Waals surface area contributed by atoms with E-state index in [9.17, 15) is 9.59 Å². The molecular weight excluding hydrogens is 314 g/mol. The molecule has 0 radical (unpaired) electrons. The lowest BCUT2D eigenvalue weighted by Gasteiger charge is -2.24. The summed E-state index contributed by atoms with van der Waals surface area (Å²) < 4.78 is 0. The fourth-order valence-electron chi connectivity index (χ4n) is 2.73. The Hall–Kier alpha value is -1.88. The van der Waals surface area contributed by atoms with Crippen molar-refractivity contribution in [2.75, 3.05) is 25.0 Å². The maximum atomic E-state index is 12.5. The molecule has 2 amide bonds. The minimum atomic E-state index is -0.269. The second-order valence-corrected chi connectivity index (χ2v) is 7.31. The highest BCUT2D eigenvalue weighted by Gasteiger charge is 2.18. The van der Waals surface area contributed by atoms with Gasteiger partial charge in [0.2, 0.25) is 11.8 Å². The van der Waals surface area contributed by atoms with E-state index in [0.29, 0.717) is 6.54 Å². The van der Waals surface area contributed by atoms with E-state index >= 15 is 0 Å². The molecule has 0 bridgehead atoms. The summed E-state index contributed by atoms with van der Waals surface area (Å²) in [6.45, 7) is 13.0. The molecule has 0 saturated carbocycles. The molecule has 1 aromatic carbocycles. The average Bonchev–Trinajstić information content (AvgIpc) is 2.52. The van der Waals surface area contributed by atoms with Crippen LogP contribution in [0.4, 0.5) is 5.69 Å². The lowest BCUT2D eigenvalue weighted by Crippen LogP contribution is -2.47. The molecule has 25 heavy (non-hydrogen) atoms. The molecule has 2 N–H and O–H groups in total. The first-order chi connectivity index (χ1) is 11.7. The highest BCUT2D eigenvalue weighted by molar-refractivity contribution is 5.94. The van der Waals surface area contributed by atoms with Crippen LogP contribution in [0.5, 0.6) is 0 Å². The number of hydrogen-bond acceptors (Lipinski definition) is 3. The maximum absolute atomic E-state index is 12.5. The van der Waals surface area contributed by atoms with Gasteiger partial charge in [-0.1, -0.05) is 39.0 Å². The van der Waals surface area contributed by atoms with Gasteiger partial charge in [-0.3, -0.25) is 14.5 Å². The number of rotatable bonds is 8. The Morgan fingerprint density at radius 2 is 1.48 bits per heavy atom. The number of carbonyl (C=O) groups excluding carboxylic acids is 2. The van der Waals surface area contributed by atoms with Crippen molar-refractivity contribution in [1.82, 2.24) is 10.2 Å². The highest BCUT2D eigenvalue weighted by Crippen LogP contribution is 2.22. The number of hydrogen-bond donors (Lipinski definition) is 2. The zero-order valence-electron chi connectivity index (χ0n) is 16.5. The smallest absolute Gasteiger partial charge is 0.238 e. The Balaban J connectivity index is 2.73. The number of anilines is 1. The summed E-state index contributed by atoms with van der Waals surface area (Å²) in [6.07, 6.45) is 1.74. The number of nitrogens with one attached hydrogen (secondary N) is 2. The first kappa shape index (κ1) is 21.2. The molecule has 0 aliphatic rings. The van der Waals surface area contributed by atoms with Crippen LogP contribution >= 0.6 is 0 Å². The van der Waals surface area contributed by atoms with Gasteiger partial charge in [0.15, 0.2) is 0 Å². The van der Waals surface area contributed by atoms with Crippen LogP contribution in [-0.2, 0) is 22.4 Å². The van der Waals surface area contributed by atoms with Gasteiger partial charge in [-0.25, -0.2) is 0 Å². The van der Waals surface area contributed by atoms with Crippen molar-refractivity contribution in [3.05, 3.63) is 29.3 Å². The molecule has 5 heteroatoms. The molecule has 1 rings (SSSR count). The van der Waals surface area contributed by atoms with E-state index in [1.165, 1.54) is 0 Å². The predicted molar refractivity (Wildman–Crippen MR) is 104 cm³/mol. The summed E-state index contributed by atoms with van der Waals surface area (Å²) in [5, 5.41) is 5.99. The van der Waals surface area contributed by atoms with Gasteiger partial charge in [0.1, 0.15) is 0 Å². The first-order valence-electron chi connectivity index (χ1n) is 9.14. The van der Waals surface area contributed by atoms with Crippen molar-refractivity contribution >= 4 is 17.5 Å². The third kappa shape index (κ3) is 7.26. The molecule has 0 unspecified atom stereocenters. The summed E-state index contributed by atoms with van der Waals surface area (Å²) in [4.78, 5) is 26.4. The number of amides is 2. The number of benzene rings is 1. The van der Waals surface area contributed by atoms with E-state index in [0.717, 1.165) is 29.7 Å². The molecule has 0 aromatic heterocycles. The van der Waals surface area contributed by atoms with E-state index < -0.39 is 0 Å².